The van der Waals surface area contributed by atoms with E-state index in [-0.39, 0.29) is 21.7 Å². The van der Waals surface area contributed by atoms with E-state index in [2.05, 4.69) is 243 Å². The average molecular weight is 1040 g/mol. The molecule has 0 spiro atoms. The quantitative estimate of drug-likeness (QED) is 0.135. The van der Waals surface area contributed by atoms with E-state index in [9.17, 15) is 0 Å². The minimum Gasteiger partial charge on any atom is -0.308 e. The van der Waals surface area contributed by atoms with Crippen LogP contribution < -0.4 is 9.80 Å². The summed E-state index contributed by atoms with van der Waals surface area (Å²) in [7, 11) is 0. The summed E-state index contributed by atoms with van der Waals surface area (Å²) < 4.78 is 2.37. The van der Waals surface area contributed by atoms with E-state index < -0.39 is 0 Å². The first-order valence-corrected chi connectivity index (χ1v) is 27.5. The Morgan fingerprint density at radius 3 is 0.899 bits per heavy atom. The van der Waals surface area contributed by atoms with Crippen LogP contribution in [0.5, 0.6) is 0 Å². The van der Waals surface area contributed by atoms with Crippen molar-refractivity contribution in [1.82, 2.24) is 29.5 Å². The summed E-state index contributed by atoms with van der Waals surface area (Å²) in [6.45, 7) is 27.2. The molecule has 0 fully saturated rings. The molecule has 0 saturated carbocycles. The summed E-state index contributed by atoms with van der Waals surface area (Å²) in [4.78, 5) is 31.0. The second-order valence-corrected chi connectivity index (χ2v) is 24.8. The van der Waals surface area contributed by atoms with Crippen molar-refractivity contribution in [2.24, 2.45) is 0 Å². The number of aromatic nitrogens is 6. The third-order valence-corrected chi connectivity index (χ3v) is 15.0. The van der Waals surface area contributed by atoms with Gasteiger partial charge in [0.2, 0.25) is 0 Å². The fourth-order valence-corrected chi connectivity index (χ4v) is 10.4. The number of rotatable bonds is 10. The van der Waals surface area contributed by atoms with Crippen LogP contribution in [-0.4, -0.2) is 29.5 Å². The molecule has 11 rings (SSSR count). The van der Waals surface area contributed by atoms with Gasteiger partial charge in [0.05, 0.1) is 28.1 Å². The van der Waals surface area contributed by atoms with E-state index in [1.54, 1.807) is 0 Å². The molecule has 8 heteroatoms. The van der Waals surface area contributed by atoms with Gasteiger partial charge < -0.3 is 14.4 Å². The maximum atomic E-state index is 5.45. The standard InChI is InChI=1S/C71H70N8/c1-68(2,3)50-27-35-54(36-28-50)77(55-37-29-51(30-38-55)69(4,5)6)60-45-49(67-75-65(47-21-15-13-16-22-47)74-66(76-67)48-23-17-14-18-24-48)46-61(64(60)79-58-25-19-43-72-62(58)63-59(79)26-20-44-73-63)78(56-39-31-52(32-40-56)70(7,8)9)57-41-33-53(34-42-57)71(10,11)12/h13-46H,1-12H3. The first kappa shape index (κ1) is 52.3. The minimum atomic E-state index is -0.0733. The van der Waals surface area contributed by atoms with Crippen molar-refractivity contribution in [3.8, 4) is 39.9 Å². The van der Waals surface area contributed by atoms with Crippen molar-refractivity contribution in [2.75, 3.05) is 9.80 Å². The van der Waals surface area contributed by atoms with Gasteiger partial charge in [0, 0.05) is 51.8 Å². The molecule has 394 valence electrons. The first-order valence-electron chi connectivity index (χ1n) is 27.5. The lowest BCUT2D eigenvalue weighted by atomic mass is 9.86. The van der Waals surface area contributed by atoms with E-state index in [0.29, 0.717) is 17.5 Å². The number of nitrogens with zero attached hydrogens (tertiary/aromatic N) is 8. The highest BCUT2D eigenvalue weighted by molar-refractivity contribution is 6.07. The molecule has 0 aliphatic rings. The van der Waals surface area contributed by atoms with E-state index in [0.717, 1.165) is 78.6 Å². The Balaban J connectivity index is 1.35. The molecular weight excluding hydrogens is 965 g/mol. The lowest BCUT2D eigenvalue weighted by Crippen LogP contribution is -2.20. The van der Waals surface area contributed by atoms with Crippen molar-refractivity contribution >= 4 is 56.2 Å². The smallest absolute Gasteiger partial charge is 0.164 e. The van der Waals surface area contributed by atoms with E-state index >= 15 is 0 Å². The molecule has 7 aromatic carbocycles. The minimum absolute atomic E-state index is 0.0733. The van der Waals surface area contributed by atoms with Gasteiger partial charge >= 0.3 is 0 Å². The number of fused-ring (bicyclic) bond motifs is 3. The Hall–Kier alpha value is -8.75. The number of hydrogen-bond acceptors (Lipinski definition) is 7. The van der Waals surface area contributed by atoms with Crippen LogP contribution in [0.3, 0.4) is 0 Å². The predicted molar refractivity (Wildman–Crippen MR) is 330 cm³/mol. The van der Waals surface area contributed by atoms with Gasteiger partial charge in [0.15, 0.2) is 17.5 Å². The number of pyridine rings is 2. The second-order valence-electron chi connectivity index (χ2n) is 24.8. The predicted octanol–water partition coefficient (Wildman–Crippen LogP) is 18.9. The molecule has 0 aliphatic carbocycles. The largest absolute Gasteiger partial charge is 0.308 e. The fraction of sp³-hybridized carbons (Fsp3) is 0.225. The van der Waals surface area contributed by atoms with Crippen LogP contribution >= 0.6 is 0 Å². The van der Waals surface area contributed by atoms with Crippen LogP contribution in [-0.2, 0) is 21.7 Å². The lowest BCUT2D eigenvalue weighted by molar-refractivity contribution is 0.590. The summed E-state index contributed by atoms with van der Waals surface area (Å²) >= 11 is 0. The summed E-state index contributed by atoms with van der Waals surface area (Å²) in [5.41, 5.74) is 17.3. The topological polar surface area (TPSA) is 75.9 Å². The van der Waals surface area contributed by atoms with Crippen LogP contribution in [0, 0.1) is 0 Å². The molecule has 11 aromatic rings. The van der Waals surface area contributed by atoms with Gasteiger partial charge in [-0.15, -0.1) is 0 Å². The van der Waals surface area contributed by atoms with Crippen molar-refractivity contribution in [3.63, 3.8) is 0 Å². The SMILES string of the molecule is CC(C)(C)c1ccc(N(c2ccc(C(C)(C)C)cc2)c2cc(-c3nc(-c4ccccc4)nc(-c4ccccc4)n3)cc(N(c3ccc(C(C)(C)C)cc3)c3ccc(C(C)(C)C)cc3)c2-n2c3cccnc3c3ncccc32)cc1. The highest BCUT2D eigenvalue weighted by Gasteiger charge is 2.31. The Morgan fingerprint density at radius 2 is 0.608 bits per heavy atom. The molecule has 8 nitrogen and oxygen atoms in total. The summed E-state index contributed by atoms with van der Waals surface area (Å²) in [5.74, 6) is 1.69. The summed E-state index contributed by atoms with van der Waals surface area (Å²) in [6.07, 6.45) is 3.72. The molecule has 0 unspecified atom stereocenters. The van der Waals surface area contributed by atoms with Gasteiger partial charge in [-0.1, -0.05) is 192 Å². The van der Waals surface area contributed by atoms with Crippen LogP contribution in [0.2, 0.25) is 0 Å². The van der Waals surface area contributed by atoms with Gasteiger partial charge in [-0.05, 0) is 129 Å². The molecule has 0 radical (unpaired) electrons. The number of benzene rings is 7. The molecule has 0 atom stereocenters. The molecule has 0 saturated heterocycles. The maximum Gasteiger partial charge on any atom is 0.164 e. The highest BCUT2D eigenvalue weighted by Crippen LogP contribution is 2.51. The monoisotopic (exact) mass is 1030 g/mol. The zero-order valence-corrected chi connectivity index (χ0v) is 47.7. The Labute approximate surface area is 466 Å². The van der Waals surface area contributed by atoms with E-state index in [4.69, 9.17) is 24.9 Å². The molecular formula is C71H70N8. The van der Waals surface area contributed by atoms with E-state index in [1.165, 1.54) is 22.3 Å². The molecule has 79 heavy (non-hydrogen) atoms. The maximum absolute atomic E-state index is 5.45. The first-order chi connectivity index (χ1) is 37.7. The number of anilines is 6. The van der Waals surface area contributed by atoms with Crippen LogP contribution in [0.4, 0.5) is 34.1 Å². The normalized spacial score (nSPS) is 12.3. The Bertz CT molecular complexity index is 3580. The zero-order valence-electron chi connectivity index (χ0n) is 47.7. The highest BCUT2D eigenvalue weighted by atomic mass is 15.2. The summed E-state index contributed by atoms with van der Waals surface area (Å²) in [5, 5.41) is 0. The van der Waals surface area contributed by atoms with Crippen molar-refractivity contribution < 1.29 is 0 Å². The molecule has 4 aromatic heterocycles. The second kappa shape index (κ2) is 20.2. The van der Waals surface area contributed by atoms with Gasteiger partial charge in [0.1, 0.15) is 11.0 Å². The molecule has 0 N–H and O–H groups in total. The third kappa shape index (κ3) is 10.4. The Morgan fingerprint density at radius 1 is 0.316 bits per heavy atom. The molecule has 4 heterocycles. The van der Waals surface area contributed by atoms with Crippen molar-refractivity contribution in [3.05, 3.63) is 229 Å². The van der Waals surface area contributed by atoms with Crippen molar-refractivity contribution in [1.29, 1.82) is 0 Å². The fourth-order valence-electron chi connectivity index (χ4n) is 10.4. The van der Waals surface area contributed by atoms with Crippen molar-refractivity contribution in [2.45, 2.75) is 105 Å². The van der Waals surface area contributed by atoms with Gasteiger partial charge in [-0.3, -0.25) is 9.97 Å². The van der Waals surface area contributed by atoms with E-state index in [1.807, 2.05) is 60.9 Å². The van der Waals surface area contributed by atoms with Gasteiger partial charge in [-0.2, -0.15) is 0 Å². The van der Waals surface area contributed by atoms with Crippen LogP contribution in [0.25, 0.3) is 61.9 Å². The number of hydrogen-bond donors (Lipinski definition) is 0. The van der Waals surface area contributed by atoms with Crippen LogP contribution in [0.15, 0.2) is 207 Å². The lowest BCUT2D eigenvalue weighted by Gasteiger charge is -2.35. The third-order valence-electron chi connectivity index (χ3n) is 15.0. The van der Waals surface area contributed by atoms with Crippen LogP contribution in [0.1, 0.15) is 105 Å². The Kier molecular flexibility index (Phi) is 13.4. The van der Waals surface area contributed by atoms with Gasteiger partial charge in [-0.25, -0.2) is 15.0 Å². The molecule has 0 bridgehead atoms. The summed E-state index contributed by atoms with van der Waals surface area (Å²) in [6, 6.07) is 69.6. The average Bonchev–Trinajstić information content (AvgIpc) is 3.99. The van der Waals surface area contributed by atoms with Gasteiger partial charge in [0.25, 0.3) is 0 Å². The molecule has 0 aliphatic heterocycles. The zero-order chi connectivity index (χ0) is 55.4. The molecule has 0 amide bonds.